The lowest BCUT2D eigenvalue weighted by molar-refractivity contribution is -0.137. The number of rotatable bonds is 3. The minimum absolute atomic E-state index is 0.0798. The summed E-state index contributed by atoms with van der Waals surface area (Å²) in [6, 6.07) is 8.22. The van der Waals surface area contributed by atoms with Gasteiger partial charge in [-0.2, -0.15) is 13.2 Å². The number of aromatic nitrogens is 1. The molecule has 1 N–H and O–H groups in total. The van der Waals surface area contributed by atoms with Crippen LogP contribution in [0.5, 0.6) is 0 Å². The third kappa shape index (κ3) is 4.10. The Kier molecular flexibility index (Phi) is 4.79. The van der Waals surface area contributed by atoms with Crippen LogP contribution in [-0.2, 0) is 11.7 Å². The Balaban J connectivity index is 2.31. The number of halogens is 4. The van der Waals surface area contributed by atoms with Crippen LogP contribution in [0.3, 0.4) is 0 Å². The van der Waals surface area contributed by atoms with Crippen molar-refractivity contribution in [2.45, 2.75) is 25.6 Å². The smallest absolute Gasteiger partial charge is 0.341 e. The Morgan fingerprint density at radius 1 is 1.17 bits per heavy atom. The predicted molar refractivity (Wildman–Crippen MR) is 83.9 cm³/mol. The second kappa shape index (κ2) is 6.31. The number of hydrogen-bond acceptors (Lipinski definition) is 2. The van der Waals surface area contributed by atoms with Gasteiger partial charge in [-0.15, -0.1) is 0 Å². The lowest BCUT2D eigenvalue weighted by Gasteiger charge is -2.26. The topological polar surface area (TPSA) is 42.0 Å². The van der Waals surface area contributed by atoms with Crippen molar-refractivity contribution in [3.8, 4) is 0 Å². The maximum atomic E-state index is 12.8. The number of carbonyl (C=O) groups excluding carboxylic acids is 1. The molecule has 0 aliphatic carbocycles. The van der Waals surface area contributed by atoms with Gasteiger partial charge in [-0.05, 0) is 60.1 Å². The maximum absolute atomic E-state index is 12.8. The number of nitrogens with one attached hydrogen (secondary N) is 1. The molecule has 7 heteroatoms. The van der Waals surface area contributed by atoms with Crippen LogP contribution in [0.1, 0.15) is 35.5 Å². The summed E-state index contributed by atoms with van der Waals surface area (Å²) >= 11 is 3.12. The molecule has 0 spiro atoms. The molecule has 1 amide bonds. The highest BCUT2D eigenvalue weighted by Crippen LogP contribution is 2.32. The Morgan fingerprint density at radius 2 is 1.87 bits per heavy atom. The molecule has 0 aliphatic heterocycles. The lowest BCUT2D eigenvalue weighted by Crippen LogP contribution is -2.41. The second-order valence-electron chi connectivity index (χ2n) is 5.49. The Bertz CT molecular complexity index is 715. The van der Waals surface area contributed by atoms with Crippen LogP contribution < -0.4 is 5.32 Å². The molecule has 23 heavy (non-hydrogen) atoms. The number of amides is 1. The largest absolute Gasteiger partial charge is 0.416 e. The van der Waals surface area contributed by atoms with E-state index in [1.807, 2.05) is 0 Å². The van der Waals surface area contributed by atoms with E-state index in [2.05, 4.69) is 26.2 Å². The summed E-state index contributed by atoms with van der Waals surface area (Å²) in [4.78, 5) is 16.6. The standard InChI is InChI=1S/C16H14BrF3N2O/c1-15(2,13-5-3-4-8-21-13)22-14(23)11-9-10(16(18,19)20)6-7-12(11)17/h3-9H,1-2H3,(H,22,23). The van der Waals surface area contributed by atoms with Crippen molar-refractivity contribution >= 4 is 21.8 Å². The van der Waals surface area contributed by atoms with Gasteiger partial charge in [0.1, 0.15) is 0 Å². The van der Waals surface area contributed by atoms with Crippen LogP contribution in [0.15, 0.2) is 47.1 Å². The number of alkyl halides is 3. The van der Waals surface area contributed by atoms with E-state index < -0.39 is 23.2 Å². The van der Waals surface area contributed by atoms with Crippen molar-refractivity contribution in [2.24, 2.45) is 0 Å². The number of carbonyl (C=O) groups is 1. The van der Waals surface area contributed by atoms with Crippen molar-refractivity contribution in [3.05, 3.63) is 63.9 Å². The van der Waals surface area contributed by atoms with Crippen molar-refractivity contribution < 1.29 is 18.0 Å². The molecule has 0 saturated carbocycles. The molecule has 0 saturated heterocycles. The van der Waals surface area contributed by atoms with Crippen LogP contribution in [0, 0.1) is 0 Å². The van der Waals surface area contributed by atoms with Crippen molar-refractivity contribution in [1.29, 1.82) is 0 Å². The monoisotopic (exact) mass is 386 g/mol. The van der Waals surface area contributed by atoms with Crippen molar-refractivity contribution in [1.82, 2.24) is 10.3 Å². The Labute approximate surface area is 140 Å². The molecule has 0 radical (unpaired) electrons. The summed E-state index contributed by atoms with van der Waals surface area (Å²) in [7, 11) is 0. The fraction of sp³-hybridized carbons (Fsp3) is 0.250. The molecule has 0 aliphatic rings. The Morgan fingerprint density at radius 3 is 2.43 bits per heavy atom. The third-order valence-electron chi connectivity index (χ3n) is 3.27. The lowest BCUT2D eigenvalue weighted by atomic mass is 9.99. The van der Waals surface area contributed by atoms with E-state index in [0.717, 1.165) is 12.1 Å². The summed E-state index contributed by atoms with van der Waals surface area (Å²) < 4.78 is 38.7. The van der Waals surface area contributed by atoms with E-state index in [1.165, 1.54) is 6.07 Å². The minimum Gasteiger partial charge on any atom is -0.341 e. The fourth-order valence-corrected chi connectivity index (χ4v) is 2.45. The highest BCUT2D eigenvalue weighted by molar-refractivity contribution is 9.10. The first-order valence-electron chi connectivity index (χ1n) is 6.72. The van der Waals surface area contributed by atoms with Gasteiger partial charge in [0.15, 0.2) is 0 Å². The number of benzene rings is 1. The summed E-state index contributed by atoms with van der Waals surface area (Å²) in [6.07, 6.45) is -2.92. The van der Waals surface area contributed by atoms with Crippen molar-refractivity contribution in [2.75, 3.05) is 0 Å². The van der Waals surface area contributed by atoms with E-state index >= 15 is 0 Å². The highest BCUT2D eigenvalue weighted by Gasteiger charge is 2.32. The molecule has 2 aromatic rings. The molecule has 3 nitrogen and oxygen atoms in total. The van der Waals surface area contributed by atoms with E-state index in [9.17, 15) is 18.0 Å². The molecular weight excluding hydrogens is 373 g/mol. The summed E-state index contributed by atoms with van der Waals surface area (Å²) in [5.41, 5.74) is -1.17. The summed E-state index contributed by atoms with van der Waals surface area (Å²) in [5, 5.41) is 2.71. The van der Waals surface area contributed by atoms with Crippen LogP contribution in [0.4, 0.5) is 13.2 Å². The van der Waals surface area contributed by atoms with Gasteiger partial charge in [0, 0.05) is 10.7 Å². The fourth-order valence-electron chi connectivity index (χ4n) is 2.02. The maximum Gasteiger partial charge on any atom is 0.416 e. The van der Waals surface area contributed by atoms with Gasteiger partial charge in [0.05, 0.1) is 22.4 Å². The van der Waals surface area contributed by atoms with E-state index in [-0.39, 0.29) is 5.56 Å². The van der Waals surface area contributed by atoms with Gasteiger partial charge in [-0.1, -0.05) is 6.07 Å². The van der Waals surface area contributed by atoms with E-state index in [1.54, 1.807) is 38.2 Å². The molecule has 1 aromatic carbocycles. The van der Waals surface area contributed by atoms with Crippen LogP contribution in [-0.4, -0.2) is 10.9 Å². The molecule has 1 aromatic heterocycles. The molecule has 0 unspecified atom stereocenters. The molecule has 0 atom stereocenters. The van der Waals surface area contributed by atoms with Crippen molar-refractivity contribution in [3.63, 3.8) is 0 Å². The molecule has 0 bridgehead atoms. The zero-order valence-electron chi connectivity index (χ0n) is 12.4. The van der Waals surface area contributed by atoms with Gasteiger partial charge in [0.25, 0.3) is 5.91 Å². The zero-order chi connectivity index (χ0) is 17.3. The van der Waals surface area contributed by atoms with E-state index in [4.69, 9.17) is 0 Å². The third-order valence-corrected chi connectivity index (χ3v) is 3.96. The van der Waals surface area contributed by atoms with Crippen LogP contribution >= 0.6 is 15.9 Å². The SMILES string of the molecule is CC(C)(NC(=O)c1cc(C(F)(F)F)ccc1Br)c1ccccn1. The van der Waals surface area contributed by atoms with Gasteiger partial charge in [-0.3, -0.25) is 9.78 Å². The van der Waals surface area contributed by atoms with Gasteiger partial charge < -0.3 is 5.32 Å². The van der Waals surface area contributed by atoms with Gasteiger partial charge in [-0.25, -0.2) is 0 Å². The van der Waals surface area contributed by atoms with Gasteiger partial charge in [0.2, 0.25) is 0 Å². The van der Waals surface area contributed by atoms with Gasteiger partial charge >= 0.3 is 6.18 Å². The first kappa shape index (κ1) is 17.5. The minimum atomic E-state index is -4.51. The average molecular weight is 387 g/mol. The molecule has 122 valence electrons. The molecule has 1 heterocycles. The zero-order valence-corrected chi connectivity index (χ0v) is 14.0. The highest BCUT2D eigenvalue weighted by atomic mass is 79.9. The average Bonchev–Trinajstić information content (AvgIpc) is 2.47. The second-order valence-corrected chi connectivity index (χ2v) is 6.34. The Hall–Kier alpha value is -1.89. The number of pyridine rings is 1. The van der Waals surface area contributed by atoms with E-state index in [0.29, 0.717) is 10.2 Å². The predicted octanol–water partition coefficient (Wildman–Crippen LogP) is 4.53. The first-order valence-corrected chi connectivity index (χ1v) is 7.51. The summed E-state index contributed by atoms with van der Waals surface area (Å²) in [5.74, 6) is -0.612. The summed E-state index contributed by atoms with van der Waals surface area (Å²) in [6.45, 7) is 3.46. The molecular formula is C16H14BrF3N2O. The molecule has 2 rings (SSSR count). The quantitative estimate of drug-likeness (QED) is 0.841. The first-order chi connectivity index (χ1) is 10.6. The number of nitrogens with zero attached hydrogens (tertiary/aromatic N) is 1. The van der Waals surface area contributed by atoms with Crippen LogP contribution in [0.25, 0.3) is 0 Å². The number of hydrogen-bond donors (Lipinski definition) is 1. The van der Waals surface area contributed by atoms with Crippen LogP contribution in [0.2, 0.25) is 0 Å². The molecule has 0 fully saturated rings. The normalized spacial score (nSPS) is 12.1.